The Hall–Kier alpha value is -0.810. The first kappa shape index (κ1) is 13.6. The average Bonchev–Trinajstić information content (AvgIpc) is 3.23. The molecule has 1 aromatic rings. The number of ether oxygens (including phenoxy) is 1. The zero-order valence-corrected chi connectivity index (χ0v) is 14.1. The number of para-hydroxylation sites is 1. The first-order valence-corrected chi connectivity index (χ1v) is 9.96. The quantitative estimate of drug-likeness (QED) is 0.772. The Balaban J connectivity index is 1.44. The fourth-order valence-electron chi connectivity index (χ4n) is 4.94. The minimum atomic E-state index is 0.0502. The van der Waals surface area contributed by atoms with E-state index in [1.807, 2.05) is 18.7 Å². The van der Waals surface area contributed by atoms with E-state index in [9.17, 15) is 4.79 Å². The molecular formula is C17H19NO2S2. The molecule has 6 atom stereocenters. The summed E-state index contributed by atoms with van der Waals surface area (Å²) in [4.78, 5) is 16.3. The van der Waals surface area contributed by atoms with E-state index in [2.05, 4.69) is 40.9 Å². The van der Waals surface area contributed by atoms with Crippen LogP contribution in [0, 0.1) is 17.8 Å². The standard InChI is InChI=1S/C17H19NO2S2/c1-2-20-16(19)11-8-9-7-10(11)15-14(9)18-12-5-3-4-6-13(12)21-17(18)22-15/h3-6,9-11,14-15,17H,2,7-8H2,1H3. The van der Waals surface area contributed by atoms with E-state index < -0.39 is 0 Å². The molecule has 6 unspecified atom stereocenters. The van der Waals surface area contributed by atoms with Gasteiger partial charge in [0.05, 0.1) is 18.2 Å². The highest BCUT2D eigenvalue weighted by molar-refractivity contribution is 8.18. The summed E-state index contributed by atoms with van der Waals surface area (Å²) in [6.07, 6.45) is 2.24. The van der Waals surface area contributed by atoms with Crippen molar-refractivity contribution in [1.82, 2.24) is 0 Å². The molecule has 0 aromatic heterocycles. The van der Waals surface area contributed by atoms with Gasteiger partial charge in [-0.15, -0.1) is 11.8 Å². The van der Waals surface area contributed by atoms with Crippen molar-refractivity contribution < 1.29 is 9.53 Å². The van der Waals surface area contributed by atoms with E-state index in [0.29, 0.717) is 34.4 Å². The fraction of sp³-hybridized carbons (Fsp3) is 0.588. The summed E-state index contributed by atoms with van der Waals surface area (Å²) in [5.41, 5.74) is 1.41. The highest BCUT2D eigenvalue weighted by Gasteiger charge is 2.63. The second kappa shape index (κ2) is 4.84. The van der Waals surface area contributed by atoms with Crippen LogP contribution in [0.5, 0.6) is 0 Å². The predicted molar refractivity (Wildman–Crippen MR) is 90.1 cm³/mol. The molecule has 0 amide bonds. The summed E-state index contributed by atoms with van der Waals surface area (Å²) in [5.74, 6) is 1.39. The summed E-state index contributed by atoms with van der Waals surface area (Å²) >= 11 is 4.08. The molecule has 3 fully saturated rings. The average molecular weight is 333 g/mol. The van der Waals surface area contributed by atoms with Crippen molar-refractivity contribution in [1.29, 1.82) is 0 Å². The van der Waals surface area contributed by atoms with Gasteiger partial charge < -0.3 is 9.64 Å². The van der Waals surface area contributed by atoms with Gasteiger partial charge in [0.15, 0.2) is 0 Å². The molecule has 22 heavy (non-hydrogen) atoms. The maximum absolute atomic E-state index is 12.2. The minimum absolute atomic E-state index is 0.0502. The van der Waals surface area contributed by atoms with Gasteiger partial charge >= 0.3 is 5.97 Å². The number of carbonyl (C=O) groups excluding carboxylic acids is 1. The summed E-state index contributed by atoms with van der Waals surface area (Å²) < 4.78 is 5.82. The molecule has 2 aliphatic carbocycles. The molecule has 5 heteroatoms. The maximum atomic E-state index is 12.2. The molecule has 2 aliphatic heterocycles. The summed E-state index contributed by atoms with van der Waals surface area (Å²) in [7, 11) is 0. The molecule has 2 bridgehead atoms. The third kappa shape index (κ3) is 1.70. The van der Waals surface area contributed by atoms with Crippen LogP contribution in [0.15, 0.2) is 29.2 Å². The van der Waals surface area contributed by atoms with Crippen molar-refractivity contribution in [3.63, 3.8) is 0 Å². The molecular weight excluding hydrogens is 314 g/mol. The van der Waals surface area contributed by atoms with Gasteiger partial charge in [0, 0.05) is 16.2 Å². The van der Waals surface area contributed by atoms with E-state index >= 15 is 0 Å². The smallest absolute Gasteiger partial charge is 0.309 e. The maximum Gasteiger partial charge on any atom is 0.309 e. The van der Waals surface area contributed by atoms with E-state index in [-0.39, 0.29) is 11.9 Å². The number of carbonyl (C=O) groups is 1. The Morgan fingerprint density at radius 3 is 3.09 bits per heavy atom. The van der Waals surface area contributed by atoms with Crippen molar-refractivity contribution >= 4 is 35.2 Å². The lowest BCUT2D eigenvalue weighted by Crippen LogP contribution is -2.43. The van der Waals surface area contributed by atoms with Gasteiger partial charge in [0.25, 0.3) is 0 Å². The van der Waals surface area contributed by atoms with E-state index in [1.165, 1.54) is 17.0 Å². The number of anilines is 1. The van der Waals surface area contributed by atoms with Gasteiger partial charge in [-0.25, -0.2) is 0 Å². The van der Waals surface area contributed by atoms with Crippen molar-refractivity contribution in [2.45, 2.75) is 40.7 Å². The lowest BCUT2D eigenvalue weighted by Gasteiger charge is -2.34. The Morgan fingerprint density at radius 1 is 1.36 bits per heavy atom. The van der Waals surface area contributed by atoms with Crippen molar-refractivity contribution in [3.8, 4) is 0 Å². The van der Waals surface area contributed by atoms with Crippen LogP contribution >= 0.6 is 23.5 Å². The topological polar surface area (TPSA) is 29.5 Å². The Bertz CT molecular complexity index is 637. The van der Waals surface area contributed by atoms with Gasteiger partial charge in [0.2, 0.25) is 0 Å². The lowest BCUT2D eigenvalue weighted by molar-refractivity contribution is -0.149. The zero-order valence-electron chi connectivity index (χ0n) is 12.5. The zero-order chi connectivity index (χ0) is 14.8. The van der Waals surface area contributed by atoms with Crippen LogP contribution in [0.3, 0.4) is 0 Å². The number of fused-ring (bicyclic) bond motifs is 9. The molecule has 4 aliphatic rings. The Kier molecular flexibility index (Phi) is 3.00. The second-order valence-corrected chi connectivity index (χ2v) is 9.33. The van der Waals surface area contributed by atoms with E-state index in [0.717, 1.165) is 6.42 Å². The molecule has 0 N–H and O–H groups in total. The van der Waals surface area contributed by atoms with Gasteiger partial charge in [-0.05, 0) is 43.7 Å². The fourth-order valence-corrected chi connectivity index (χ4v) is 8.57. The van der Waals surface area contributed by atoms with Gasteiger partial charge in [-0.1, -0.05) is 23.9 Å². The number of thioether (sulfide) groups is 2. The van der Waals surface area contributed by atoms with Gasteiger partial charge in [-0.3, -0.25) is 4.79 Å². The van der Waals surface area contributed by atoms with Crippen LogP contribution in [-0.2, 0) is 9.53 Å². The third-order valence-electron chi connectivity index (χ3n) is 5.67. The number of rotatable bonds is 2. The molecule has 0 radical (unpaired) electrons. The minimum Gasteiger partial charge on any atom is -0.466 e. The predicted octanol–water partition coefficient (Wildman–Crippen LogP) is 3.59. The van der Waals surface area contributed by atoms with Crippen LogP contribution in [0.25, 0.3) is 0 Å². The van der Waals surface area contributed by atoms with Crippen LogP contribution in [0.4, 0.5) is 5.69 Å². The Morgan fingerprint density at radius 2 is 2.23 bits per heavy atom. The molecule has 5 rings (SSSR count). The molecule has 2 saturated carbocycles. The molecule has 2 heterocycles. The number of hydrogen-bond acceptors (Lipinski definition) is 5. The normalized spacial score (nSPS) is 40.5. The van der Waals surface area contributed by atoms with E-state index in [4.69, 9.17) is 4.74 Å². The number of hydrogen-bond donors (Lipinski definition) is 0. The summed E-state index contributed by atoms with van der Waals surface area (Å²) in [6.45, 7) is 2.41. The molecule has 1 saturated heterocycles. The Labute approximate surface area is 139 Å². The largest absolute Gasteiger partial charge is 0.466 e. The highest BCUT2D eigenvalue weighted by atomic mass is 32.2. The SMILES string of the molecule is CCOC(=O)C1CC2CC1C1SC3Sc4ccccc4N3C21. The number of esters is 1. The van der Waals surface area contributed by atoms with Crippen molar-refractivity contribution in [2.24, 2.45) is 17.8 Å². The summed E-state index contributed by atoms with van der Waals surface area (Å²) in [6, 6.07) is 9.41. The monoisotopic (exact) mass is 333 g/mol. The second-order valence-electron chi connectivity index (χ2n) is 6.65. The highest BCUT2D eigenvalue weighted by Crippen LogP contribution is 2.65. The third-order valence-corrected chi connectivity index (χ3v) is 8.73. The molecule has 3 nitrogen and oxygen atoms in total. The van der Waals surface area contributed by atoms with Crippen molar-refractivity contribution in [3.05, 3.63) is 24.3 Å². The van der Waals surface area contributed by atoms with Crippen LogP contribution < -0.4 is 4.90 Å². The molecule has 0 spiro atoms. The lowest BCUT2D eigenvalue weighted by atomic mass is 9.85. The first-order chi connectivity index (χ1) is 10.8. The number of benzene rings is 1. The van der Waals surface area contributed by atoms with Crippen LogP contribution in [0.1, 0.15) is 19.8 Å². The van der Waals surface area contributed by atoms with Gasteiger partial charge in [0.1, 0.15) is 4.71 Å². The first-order valence-electron chi connectivity index (χ1n) is 8.14. The number of nitrogens with zero attached hydrogens (tertiary/aromatic N) is 1. The van der Waals surface area contributed by atoms with Crippen LogP contribution in [0.2, 0.25) is 0 Å². The van der Waals surface area contributed by atoms with E-state index in [1.54, 1.807) is 0 Å². The van der Waals surface area contributed by atoms with Gasteiger partial charge in [-0.2, -0.15) is 0 Å². The summed E-state index contributed by atoms with van der Waals surface area (Å²) in [5, 5.41) is 0.610. The molecule has 116 valence electrons. The van der Waals surface area contributed by atoms with Crippen molar-refractivity contribution in [2.75, 3.05) is 11.5 Å². The van der Waals surface area contributed by atoms with Crippen LogP contribution in [-0.4, -0.2) is 28.6 Å². The molecule has 1 aromatic carbocycles.